The molecule has 6 rings (SSSR count). The zero-order chi connectivity index (χ0) is 54.9. The Balaban J connectivity index is 1.49. The highest BCUT2D eigenvalue weighted by molar-refractivity contribution is 6.13. The number of ether oxygens (including phenoxy) is 4. The van der Waals surface area contributed by atoms with E-state index in [0.29, 0.717) is 51.4 Å². The van der Waals surface area contributed by atoms with Gasteiger partial charge in [0.15, 0.2) is 0 Å². The molecule has 0 aliphatic carbocycles. The maximum Gasteiger partial charge on any atom is 0.339 e. The highest BCUT2D eigenvalue weighted by Gasteiger charge is 2.44. The van der Waals surface area contributed by atoms with E-state index in [1.807, 2.05) is 111 Å². The van der Waals surface area contributed by atoms with Crippen molar-refractivity contribution in [1.82, 2.24) is 20.3 Å². The Hall–Kier alpha value is -3.74. The zero-order valence-electron chi connectivity index (χ0n) is 47.4. The van der Waals surface area contributed by atoms with Crippen LogP contribution >= 0.6 is 0 Å². The summed E-state index contributed by atoms with van der Waals surface area (Å²) < 4.78 is 25.4. The molecule has 0 radical (unpaired) electrons. The van der Waals surface area contributed by atoms with Gasteiger partial charge in [0, 0.05) is 99.7 Å². The number of hydrogen-bond acceptors (Lipinski definition) is 16. The second-order valence-corrected chi connectivity index (χ2v) is 25.1. The lowest BCUT2D eigenvalue weighted by molar-refractivity contribution is -0.213. The minimum absolute atomic E-state index is 0.0227. The van der Waals surface area contributed by atoms with Crippen molar-refractivity contribution in [1.29, 1.82) is 0 Å². The molecule has 4 fully saturated rings. The van der Waals surface area contributed by atoms with E-state index in [2.05, 4.69) is 0 Å². The number of piperidine rings is 4. The van der Waals surface area contributed by atoms with Gasteiger partial charge in [0.05, 0.1) is 22.3 Å². The Morgan fingerprint density at radius 2 is 0.581 bits per heavy atom. The fraction of sp³-hybridized carbons (Fsp3) is 0.759. The average molecular weight is 1040 g/mol. The van der Waals surface area contributed by atoms with Crippen LogP contribution in [0.15, 0.2) is 24.3 Å². The average Bonchev–Trinajstić information content (AvgIpc) is 3.31. The van der Waals surface area contributed by atoms with Crippen LogP contribution in [-0.2, 0) is 18.9 Å². The molecule has 8 atom stereocenters. The van der Waals surface area contributed by atoms with E-state index in [9.17, 15) is 40.0 Å². The fourth-order valence-corrected chi connectivity index (χ4v) is 12.3. The maximum atomic E-state index is 15.0. The predicted molar refractivity (Wildman–Crippen MR) is 281 cm³/mol. The second kappa shape index (κ2) is 24.7. The minimum Gasteiger partial charge on any atom is -0.459 e. The predicted octanol–water partition coefficient (Wildman–Crippen LogP) is 11.1. The number of carbonyl (C=O) groups is 4. The van der Waals surface area contributed by atoms with Gasteiger partial charge in [-0.15, -0.1) is 0 Å². The fourth-order valence-electron chi connectivity index (χ4n) is 12.3. The topological polar surface area (TPSA) is 199 Å². The van der Waals surface area contributed by atoms with Crippen molar-refractivity contribution in [2.45, 2.75) is 235 Å². The van der Waals surface area contributed by atoms with Crippen LogP contribution in [-0.4, -0.2) is 138 Å². The van der Waals surface area contributed by atoms with Crippen molar-refractivity contribution in [3.63, 3.8) is 0 Å². The van der Waals surface area contributed by atoms with Gasteiger partial charge in [-0.3, -0.25) is 0 Å². The monoisotopic (exact) mass is 1040 g/mol. The molecule has 4 aliphatic heterocycles. The molecule has 16 heteroatoms. The van der Waals surface area contributed by atoms with Gasteiger partial charge in [-0.1, -0.05) is 111 Å². The van der Waals surface area contributed by atoms with Crippen molar-refractivity contribution >= 4 is 34.6 Å². The Morgan fingerprint density at radius 3 is 0.838 bits per heavy atom. The third-order valence-electron chi connectivity index (χ3n) is 17.0. The number of fused-ring (bicyclic) bond motifs is 1. The van der Waals surface area contributed by atoms with Crippen molar-refractivity contribution in [2.75, 3.05) is 0 Å². The Morgan fingerprint density at radius 1 is 0.351 bits per heavy atom. The van der Waals surface area contributed by atoms with Crippen LogP contribution in [0.25, 0.3) is 10.8 Å². The highest BCUT2D eigenvalue weighted by Crippen LogP contribution is 2.38. The van der Waals surface area contributed by atoms with Crippen molar-refractivity contribution < 1.29 is 59.0 Å². The maximum absolute atomic E-state index is 15.0. The smallest absolute Gasteiger partial charge is 0.339 e. The van der Waals surface area contributed by atoms with Gasteiger partial charge in [0.2, 0.25) is 0 Å². The lowest BCUT2D eigenvalue weighted by atomic mass is 9.84. The van der Waals surface area contributed by atoms with E-state index in [-0.39, 0.29) is 129 Å². The summed E-state index contributed by atoms with van der Waals surface area (Å²) in [5.41, 5.74) is -0.246. The van der Waals surface area contributed by atoms with Crippen LogP contribution in [0, 0.1) is 47.3 Å². The second-order valence-electron chi connectivity index (χ2n) is 25.1. The molecule has 8 unspecified atom stereocenters. The standard InChI is InChI=1S/C58H92N4O12/c1-29(2)47-20-39(21-48(30(3)4)59(47)67)71-55(63)38-17-37-18-45(57(65)73-41-24-51(33(9)10)61(69)52(25-41)34(11)12)46(58(66)74-42-26-53(35(13)14)62(70)54(27-42)36(15)16)28-43(37)44(19-38)56(64)72-40-22-49(31(5)6)60(68)50(23-40)32(7)8/h17-19,28-36,39-42,47-54,67-70H,20-27H2,1-16H3. The third kappa shape index (κ3) is 13.3. The van der Waals surface area contributed by atoms with Gasteiger partial charge in [-0.2, -0.15) is 20.3 Å². The van der Waals surface area contributed by atoms with E-state index >= 15 is 0 Å². The number of rotatable bonds is 16. The lowest BCUT2D eigenvalue weighted by Crippen LogP contribution is -2.54. The molecule has 0 bridgehead atoms. The summed E-state index contributed by atoms with van der Waals surface area (Å²) in [6.07, 6.45) is 0.509. The summed E-state index contributed by atoms with van der Waals surface area (Å²) in [5.74, 6) is -2.72. The van der Waals surface area contributed by atoms with Crippen LogP contribution < -0.4 is 0 Å². The molecule has 4 N–H and O–H groups in total. The van der Waals surface area contributed by atoms with Gasteiger partial charge in [0.25, 0.3) is 0 Å². The first-order valence-corrected chi connectivity index (χ1v) is 27.9. The molecule has 16 nitrogen and oxygen atoms in total. The van der Waals surface area contributed by atoms with E-state index in [1.165, 1.54) is 38.5 Å². The van der Waals surface area contributed by atoms with Gasteiger partial charge >= 0.3 is 23.9 Å². The summed E-state index contributed by atoms with van der Waals surface area (Å²) in [7, 11) is 0. The van der Waals surface area contributed by atoms with Gasteiger partial charge < -0.3 is 39.8 Å². The summed E-state index contributed by atoms with van der Waals surface area (Å²) in [5, 5.41) is 51.2. The zero-order valence-corrected chi connectivity index (χ0v) is 47.4. The van der Waals surface area contributed by atoms with Crippen LogP contribution in [0.3, 0.4) is 0 Å². The molecule has 2 aromatic rings. The third-order valence-corrected chi connectivity index (χ3v) is 17.0. The van der Waals surface area contributed by atoms with E-state index in [4.69, 9.17) is 18.9 Å². The van der Waals surface area contributed by atoms with Gasteiger partial charge in [-0.25, -0.2) is 19.2 Å². The number of carbonyl (C=O) groups excluding carboxylic acids is 4. The van der Waals surface area contributed by atoms with E-state index < -0.39 is 48.3 Å². The molecule has 0 spiro atoms. The van der Waals surface area contributed by atoms with Crippen LogP contribution in [0.1, 0.15) is 204 Å². The molecule has 0 saturated carbocycles. The Labute approximate surface area is 441 Å². The number of esters is 4. The quantitative estimate of drug-likeness (QED) is 0.0913. The molecule has 0 aromatic heterocycles. The molecule has 2 aromatic carbocycles. The first-order valence-electron chi connectivity index (χ1n) is 27.9. The molecule has 74 heavy (non-hydrogen) atoms. The van der Waals surface area contributed by atoms with Crippen molar-refractivity contribution in [2.24, 2.45) is 47.3 Å². The molecule has 0 amide bonds. The highest BCUT2D eigenvalue weighted by atomic mass is 16.6. The van der Waals surface area contributed by atoms with Gasteiger partial charge in [-0.05, 0) is 82.4 Å². The molecule has 4 saturated heterocycles. The molecular weight excluding hydrogens is 945 g/mol. The van der Waals surface area contributed by atoms with Gasteiger partial charge in [0.1, 0.15) is 24.4 Å². The molecule has 416 valence electrons. The number of hydrogen-bond donors (Lipinski definition) is 4. The normalized spacial score (nSPS) is 30.2. The summed E-state index contributed by atoms with van der Waals surface area (Å²) in [6, 6.07) is 3.60. The van der Waals surface area contributed by atoms with Crippen molar-refractivity contribution in [3.8, 4) is 0 Å². The van der Waals surface area contributed by atoms with Crippen molar-refractivity contribution in [3.05, 3.63) is 46.5 Å². The molecular formula is C58H92N4O12. The van der Waals surface area contributed by atoms with Crippen LogP contribution in [0.4, 0.5) is 0 Å². The largest absolute Gasteiger partial charge is 0.459 e. The summed E-state index contributed by atoms with van der Waals surface area (Å²) >= 11 is 0. The minimum atomic E-state index is -0.808. The summed E-state index contributed by atoms with van der Waals surface area (Å²) in [6.45, 7) is 32.2. The molecule has 4 aliphatic rings. The number of hydroxylamine groups is 8. The van der Waals surface area contributed by atoms with E-state index in [0.717, 1.165) is 0 Å². The van der Waals surface area contributed by atoms with Crippen LogP contribution in [0.2, 0.25) is 0 Å². The Bertz CT molecular complexity index is 2190. The SMILES string of the molecule is CC(C)C1CC(OC(=O)c2cc(C(=O)OC3CC(C(C)C)N(O)C(C(C)C)C3)c3cc(C(=O)OC4CC(C(C)C)N(O)C(C(C)C)C4)c(C(=O)OC4CC(C(C)C)N(O)C(C(C)C)C4)cc3c2)CC(C(C)C)N1O. The summed E-state index contributed by atoms with van der Waals surface area (Å²) in [4.78, 5) is 59.4. The van der Waals surface area contributed by atoms with Crippen LogP contribution in [0.5, 0.6) is 0 Å². The first-order chi connectivity index (χ1) is 34.6. The number of benzene rings is 2. The first kappa shape index (κ1) is 59.5. The van der Waals surface area contributed by atoms with E-state index in [1.54, 1.807) is 6.07 Å². The molecule has 4 heterocycles. The lowest BCUT2D eigenvalue weighted by Gasteiger charge is -2.44. The Kier molecular flexibility index (Phi) is 19.9. The number of nitrogens with zero attached hydrogens (tertiary/aromatic N) is 4.